The highest BCUT2D eigenvalue weighted by Crippen LogP contribution is 2.04. The normalized spacial score (nSPS) is 12.5. The Balaban J connectivity index is 0.00000400. The van der Waals surface area contributed by atoms with Gasteiger partial charge in [-0.1, -0.05) is 6.92 Å². The quantitative estimate of drug-likeness (QED) is 0.577. The number of hydrogen-bond acceptors (Lipinski definition) is 5. The second kappa shape index (κ2) is 8.98. The second-order valence-corrected chi connectivity index (χ2v) is 6.20. The van der Waals surface area contributed by atoms with Crippen LogP contribution in [0.1, 0.15) is 13.8 Å². The van der Waals surface area contributed by atoms with E-state index in [1.807, 2.05) is 13.8 Å². The Kier molecular flexibility index (Phi) is 8.48. The van der Waals surface area contributed by atoms with Crippen LogP contribution in [0.3, 0.4) is 0 Å². The van der Waals surface area contributed by atoms with Crippen molar-refractivity contribution in [2.45, 2.75) is 24.8 Å². The van der Waals surface area contributed by atoms with Gasteiger partial charge < -0.3 is 10.6 Å². The molecule has 8 nitrogen and oxygen atoms in total. The van der Waals surface area contributed by atoms with Crippen LogP contribution in [0.2, 0.25) is 0 Å². The number of halogens is 1. The summed E-state index contributed by atoms with van der Waals surface area (Å²) in [5.41, 5.74) is 0. The third-order valence-electron chi connectivity index (χ3n) is 2.57. The average molecular weight is 340 g/mol. The molecule has 0 aliphatic rings. The van der Waals surface area contributed by atoms with Crippen LogP contribution in [-0.2, 0) is 21.9 Å². The zero-order valence-corrected chi connectivity index (χ0v) is 13.9. The fourth-order valence-corrected chi connectivity index (χ4v) is 2.50. The van der Waals surface area contributed by atoms with Crippen molar-refractivity contribution in [1.82, 2.24) is 25.1 Å². The van der Waals surface area contributed by atoms with E-state index in [2.05, 4.69) is 20.5 Å². The number of rotatable bonds is 8. The summed E-state index contributed by atoms with van der Waals surface area (Å²) in [7, 11) is -2.07. The zero-order valence-electron chi connectivity index (χ0n) is 12.3. The second-order valence-electron chi connectivity index (χ2n) is 4.44. The topological polar surface area (TPSA) is 105 Å². The smallest absolute Gasteiger partial charge is 0.244 e. The molecular weight excluding hydrogens is 318 g/mol. The van der Waals surface area contributed by atoms with Gasteiger partial charge in [0.15, 0.2) is 0 Å². The maximum Gasteiger partial charge on any atom is 0.244 e. The van der Waals surface area contributed by atoms with Crippen LogP contribution in [0.5, 0.6) is 0 Å². The fourth-order valence-electron chi connectivity index (χ4n) is 1.53. The first-order valence-electron chi connectivity index (χ1n) is 6.33. The predicted octanol–water partition coefficient (Wildman–Crippen LogP) is -0.766. The Labute approximate surface area is 131 Å². The van der Waals surface area contributed by atoms with Gasteiger partial charge >= 0.3 is 0 Å². The van der Waals surface area contributed by atoms with Crippen molar-refractivity contribution < 1.29 is 13.2 Å². The van der Waals surface area contributed by atoms with Crippen LogP contribution in [-0.4, -0.2) is 49.8 Å². The van der Waals surface area contributed by atoms with Crippen molar-refractivity contribution in [2.75, 3.05) is 19.6 Å². The lowest BCUT2D eigenvalue weighted by Crippen LogP contribution is -2.43. The molecule has 1 amide bonds. The zero-order chi connectivity index (χ0) is 15.2. The Hall–Kier alpha value is -1.16. The van der Waals surface area contributed by atoms with Crippen LogP contribution in [0, 0.1) is 0 Å². The molecule has 1 aromatic heterocycles. The first-order valence-corrected chi connectivity index (χ1v) is 7.82. The lowest BCUT2D eigenvalue weighted by atomic mass is 10.3. The van der Waals surface area contributed by atoms with E-state index in [1.54, 1.807) is 7.05 Å². The van der Waals surface area contributed by atoms with Crippen molar-refractivity contribution in [3.8, 4) is 0 Å². The molecule has 1 atom stereocenters. The number of carbonyl (C=O) groups is 1. The molecule has 3 N–H and O–H groups in total. The van der Waals surface area contributed by atoms with Gasteiger partial charge in [-0.15, -0.1) is 12.4 Å². The summed E-state index contributed by atoms with van der Waals surface area (Å²) in [5, 5.41) is 9.56. The number of amides is 1. The van der Waals surface area contributed by atoms with E-state index in [9.17, 15) is 13.2 Å². The summed E-state index contributed by atoms with van der Waals surface area (Å²) >= 11 is 0. The third kappa shape index (κ3) is 6.89. The van der Waals surface area contributed by atoms with Gasteiger partial charge in [-0.25, -0.2) is 13.1 Å². The van der Waals surface area contributed by atoms with E-state index in [4.69, 9.17) is 0 Å². The van der Waals surface area contributed by atoms with Gasteiger partial charge in [0.2, 0.25) is 15.9 Å². The molecule has 0 bridgehead atoms. The van der Waals surface area contributed by atoms with Gasteiger partial charge in [-0.3, -0.25) is 9.48 Å². The number of sulfonamides is 1. The summed E-state index contributed by atoms with van der Waals surface area (Å²) in [6.07, 6.45) is 2.60. The van der Waals surface area contributed by atoms with E-state index in [0.29, 0.717) is 6.54 Å². The highest BCUT2D eigenvalue weighted by Gasteiger charge is 2.17. The molecule has 0 aromatic carbocycles. The molecule has 10 heteroatoms. The summed E-state index contributed by atoms with van der Waals surface area (Å²) in [4.78, 5) is 11.6. The first kappa shape index (κ1) is 19.8. The third-order valence-corrected chi connectivity index (χ3v) is 3.93. The SMILES string of the molecule is CCN[C@H](C)CNC(=O)CNS(=O)(=O)c1cnn(C)c1.Cl. The van der Waals surface area contributed by atoms with Crippen molar-refractivity contribution in [2.24, 2.45) is 7.05 Å². The molecule has 0 unspecified atom stereocenters. The lowest BCUT2D eigenvalue weighted by molar-refractivity contribution is -0.120. The Morgan fingerprint density at radius 3 is 2.67 bits per heavy atom. The number of hydrogen-bond donors (Lipinski definition) is 3. The first-order chi connectivity index (χ1) is 9.35. The van der Waals surface area contributed by atoms with Crippen LogP contribution >= 0.6 is 12.4 Å². The molecule has 1 rings (SSSR count). The summed E-state index contributed by atoms with van der Waals surface area (Å²) < 4.78 is 27.3. The maximum absolute atomic E-state index is 11.8. The van der Waals surface area contributed by atoms with E-state index in [-0.39, 0.29) is 35.8 Å². The highest BCUT2D eigenvalue weighted by molar-refractivity contribution is 7.89. The molecule has 1 aromatic rings. The summed E-state index contributed by atoms with van der Waals surface area (Å²) in [5.74, 6) is -0.373. The minimum Gasteiger partial charge on any atom is -0.353 e. The Morgan fingerprint density at radius 1 is 1.48 bits per heavy atom. The van der Waals surface area contributed by atoms with Gasteiger partial charge in [0.05, 0.1) is 12.7 Å². The molecular formula is C11H22ClN5O3S. The molecule has 122 valence electrons. The number of aromatic nitrogens is 2. The van der Waals surface area contributed by atoms with Gasteiger partial charge in [-0.05, 0) is 13.5 Å². The van der Waals surface area contributed by atoms with Crippen molar-refractivity contribution >= 4 is 28.3 Å². The van der Waals surface area contributed by atoms with E-state index >= 15 is 0 Å². The van der Waals surface area contributed by atoms with Crippen molar-refractivity contribution in [3.63, 3.8) is 0 Å². The van der Waals surface area contributed by atoms with Gasteiger partial charge in [0.1, 0.15) is 4.90 Å². The molecule has 0 saturated heterocycles. The Morgan fingerprint density at radius 2 is 2.14 bits per heavy atom. The van der Waals surface area contributed by atoms with Crippen LogP contribution in [0.4, 0.5) is 0 Å². The van der Waals surface area contributed by atoms with Crippen LogP contribution in [0.25, 0.3) is 0 Å². The van der Waals surface area contributed by atoms with Crippen LogP contribution in [0.15, 0.2) is 17.3 Å². The molecule has 0 aliphatic carbocycles. The fraction of sp³-hybridized carbons (Fsp3) is 0.636. The van der Waals surface area contributed by atoms with Crippen molar-refractivity contribution in [1.29, 1.82) is 0 Å². The van der Waals surface area contributed by atoms with E-state index in [0.717, 1.165) is 6.54 Å². The highest BCUT2D eigenvalue weighted by atomic mass is 35.5. The molecule has 0 saturated carbocycles. The van der Waals surface area contributed by atoms with Crippen LogP contribution < -0.4 is 15.4 Å². The van der Waals surface area contributed by atoms with E-state index in [1.165, 1.54) is 17.1 Å². The Bertz CT molecular complexity index is 546. The van der Waals surface area contributed by atoms with Crippen molar-refractivity contribution in [3.05, 3.63) is 12.4 Å². The standard InChI is InChI=1S/C11H21N5O3S.ClH/c1-4-12-9(2)5-13-11(17)7-15-20(18,19)10-6-14-16(3)8-10;/h6,8-9,12,15H,4-5,7H2,1-3H3,(H,13,17);1H/t9-;/m1./s1. The van der Waals surface area contributed by atoms with Gasteiger partial charge in [-0.2, -0.15) is 5.10 Å². The minimum atomic E-state index is -3.69. The molecule has 21 heavy (non-hydrogen) atoms. The van der Waals surface area contributed by atoms with Gasteiger partial charge in [0, 0.05) is 25.8 Å². The summed E-state index contributed by atoms with van der Waals surface area (Å²) in [6.45, 7) is 4.87. The summed E-state index contributed by atoms with van der Waals surface area (Å²) in [6, 6.07) is 0.138. The number of nitrogens with one attached hydrogen (secondary N) is 3. The predicted molar refractivity (Wildman–Crippen MR) is 81.8 cm³/mol. The van der Waals surface area contributed by atoms with E-state index < -0.39 is 10.0 Å². The largest absolute Gasteiger partial charge is 0.353 e. The lowest BCUT2D eigenvalue weighted by Gasteiger charge is -2.13. The minimum absolute atomic E-state index is 0. The molecule has 0 fully saturated rings. The number of aryl methyl sites for hydroxylation is 1. The molecule has 0 spiro atoms. The molecule has 0 radical (unpaired) electrons. The number of nitrogens with zero attached hydrogens (tertiary/aromatic N) is 2. The van der Waals surface area contributed by atoms with Gasteiger partial charge in [0.25, 0.3) is 0 Å². The monoisotopic (exact) mass is 339 g/mol. The molecule has 0 aliphatic heterocycles. The number of likely N-dealkylation sites (N-methyl/N-ethyl adjacent to an activating group) is 1. The average Bonchev–Trinajstić information content (AvgIpc) is 2.82. The maximum atomic E-state index is 11.8. The molecule has 1 heterocycles. The number of carbonyl (C=O) groups excluding carboxylic acids is 1.